The highest BCUT2D eigenvalue weighted by atomic mass is 35.5. The summed E-state index contributed by atoms with van der Waals surface area (Å²) in [5, 5.41) is 3.32. The van der Waals surface area contributed by atoms with Gasteiger partial charge in [-0.3, -0.25) is 9.10 Å². The van der Waals surface area contributed by atoms with Gasteiger partial charge in [0.25, 0.3) is 0 Å². The smallest absolute Gasteiger partial charge is 0.232 e. The summed E-state index contributed by atoms with van der Waals surface area (Å²) in [4.78, 5) is 11.6. The van der Waals surface area contributed by atoms with Crippen LogP contribution < -0.4 is 9.62 Å². The van der Waals surface area contributed by atoms with Gasteiger partial charge < -0.3 is 5.32 Å². The van der Waals surface area contributed by atoms with Crippen LogP contribution in [0.15, 0.2) is 24.3 Å². The molecule has 1 amide bonds. The molecule has 118 valence electrons. The molecular weight excluding hydrogens is 312 g/mol. The number of rotatable bonds is 7. The first-order valence-corrected chi connectivity index (χ1v) is 8.95. The summed E-state index contributed by atoms with van der Waals surface area (Å²) in [7, 11) is -3.39. The van der Waals surface area contributed by atoms with Gasteiger partial charge in [0.2, 0.25) is 15.9 Å². The Bertz CT molecular complexity index is 570. The molecule has 0 aliphatic rings. The minimum absolute atomic E-state index is 0.0745. The van der Waals surface area contributed by atoms with Crippen LogP contribution in [0.3, 0.4) is 0 Å². The fourth-order valence-corrected chi connectivity index (χ4v) is 2.96. The lowest BCUT2D eigenvalue weighted by Crippen LogP contribution is -2.33. The Morgan fingerprint density at radius 2 is 1.86 bits per heavy atom. The van der Waals surface area contributed by atoms with Gasteiger partial charge in [-0.25, -0.2) is 8.42 Å². The van der Waals surface area contributed by atoms with Crippen LogP contribution in [0.4, 0.5) is 5.69 Å². The summed E-state index contributed by atoms with van der Waals surface area (Å²) in [5.41, 5.74) is 0.547. The van der Waals surface area contributed by atoms with E-state index in [0.29, 0.717) is 17.1 Å². The predicted octanol–water partition coefficient (Wildman–Crippen LogP) is 2.41. The maximum Gasteiger partial charge on any atom is 0.232 e. The standard InChI is InChI=1S/C14H21ClN2O3S/c1-11(2)16-14(18)5-4-10-17(21(3,19)20)13-8-6-12(15)7-9-13/h6-9,11H,4-5,10H2,1-3H3,(H,16,18). The number of anilines is 1. The zero-order chi connectivity index (χ0) is 16.0. The maximum atomic E-state index is 11.9. The van der Waals surface area contributed by atoms with Crippen molar-refractivity contribution in [3.05, 3.63) is 29.3 Å². The monoisotopic (exact) mass is 332 g/mol. The van der Waals surface area contributed by atoms with Crippen LogP contribution in [0, 0.1) is 0 Å². The normalized spacial score (nSPS) is 11.5. The number of sulfonamides is 1. The molecule has 0 fully saturated rings. The van der Waals surface area contributed by atoms with Crippen molar-refractivity contribution in [3.63, 3.8) is 0 Å². The van der Waals surface area contributed by atoms with E-state index in [1.54, 1.807) is 24.3 Å². The number of hydrogen-bond acceptors (Lipinski definition) is 3. The number of carbonyl (C=O) groups excluding carboxylic acids is 1. The second-order valence-corrected chi connectivity index (χ2v) is 7.48. The van der Waals surface area contributed by atoms with Crippen LogP contribution in [0.5, 0.6) is 0 Å². The fourth-order valence-electron chi connectivity index (χ4n) is 1.87. The molecule has 0 radical (unpaired) electrons. The van der Waals surface area contributed by atoms with Crippen molar-refractivity contribution in [1.29, 1.82) is 0 Å². The fraction of sp³-hybridized carbons (Fsp3) is 0.500. The molecule has 0 aliphatic heterocycles. The van der Waals surface area contributed by atoms with Crippen LogP contribution in [0.1, 0.15) is 26.7 Å². The molecule has 5 nitrogen and oxygen atoms in total. The van der Waals surface area contributed by atoms with Gasteiger partial charge in [-0.05, 0) is 44.5 Å². The summed E-state index contributed by atoms with van der Waals surface area (Å²) in [6.45, 7) is 4.02. The lowest BCUT2D eigenvalue weighted by molar-refractivity contribution is -0.121. The molecular formula is C14H21ClN2O3S. The number of halogens is 1. The molecule has 0 saturated carbocycles. The predicted molar refractivity (Wildman–Crippen MR) is 86.2 cm³/mol. The maximum absolute atomic E-state index is 11.9. The highest BCUT2D eigenvalue weighted by Gasteiger charge is 2.17. The van der Waals surface area contributed by atoms with Gasteiger partial charge in [-0.15, -0.1) is 0 Å². The highest BCUT2D eigenvalue weighted by Crippen LogP contribution is 2.20. The third kappa shape index (κ3) is 6.35. The first kappa shape index (κ1) is 17.8. The summed E-state index contributed by atoms with van der Waals surface area (Å²) in [6.07, 6.45) is 1.89. The lowest BCUT2D eigenvalue weighted by Gasteiger charge is -2.22. The highest BCUT2D eigenvalue weighted by molar-refractivity contribution is 7.92. The summed E-state index contributed by atoms with van der Waals surface area (Å²) in [6, 6.07) is 6.66. The summed E-state index contributed by atoms with van der Waals surface area (Å²) in [5.74, 6) is -0.0745. The van der Waals surface area contributed by atoms with Crippen molar-refractivity contribution in [2.24, 2.45) is 0 Å². The molecule has 21 heavy (non-hydrogen) atoms. The molecule has 0 aliphatic carbocycles. The van der Waals surface area contributed by atoms with Gasteiger partial charge in [0.15, 0.2) is 0 Å². The van der Waals surface area contributed by atoms with Crippen molar-refractivity contribution in [3.8, 4) is 0 Å². The number of nitrogens with zero attached hydrogens (tertiary/aromatic N) is 1. The van der Waals surface area contributed by atoms with E-state index in [1.807, 2.05) is 13.8 Å². The van der Waals surface area contributed by atoms with Gasteiger partial charge in [0, 0.05) is 24.0 Å². The molecule has 0 atom stereocenters. The largest absolute Gasteiger partial charge is 0.354 e. The molecule has 0 bridgehead atoms. The minimum Gasteiger partial charge on any atom is -0.354 e. The SMILES string of the molecule is CC(C)NC(=O)CCCN(c1ccc(Cl)cc1)S(C)(=O)=O. The van der Waals surface area contributed by atoms with Crippen LogP contribution in [-0.2, 0) is 14.8 Å². The Morgan fingerprint density at radius 1 is 1.29 bits per heavy atom. The molecule has 1 aromatic carbocycles. The minimum atomic E-state index is -3.39. The summed E-state index contributed by atoms with van der Waals surface area (Å²) >= 11 is 5.80. The van der Waals surface area contributed by atoms with Crippen LogP contribution in [-0.4, -0.2) is 33.2 Å². The average Bonchev–Trinajstić information content (AvgIpc) is 2.34. The number of benzene rings is 1. The number of hydrogen-bond donors (Lipinski definition) is 1. The van der Waals surface area contributed by atoms with E-state index < -0.39 is 10.0 Å². The Labute approximate surface area is 131 Å². The molecule has 1 rings (SSSR count). The van der Waals surface area contributed by atoms with E-state index >= 15 is 0 Å². The Hall–Kier alpha value is -1.27. The second-order valence-electron chi connectivity index (χ2n) is 5.14. The molecule has 7 heteroatoms. The van der Waals surface area contributed by atoms with E-state index in [4.69, 9.17) is 11.6 Å². The van der Waals surface area contributed by atoms with Gasteiger partial charge >= 0.3 is 0 Å². The van der Waals surface area contributed by atoms with Crippen molar-refractivity contribution in [2.75, 3.05) is 17.1 Å². The van der Waals surface area contributed by atoms with Crippen molar-refractivity contribution in [2.45, 2.75) is 32.7 Å². The molecule has 0 saturated heterocycles. The Balaban J connectivity index is 2.69. The van der Waals surface area contributed by atoms with Crippen LogP contribution >= 0.6 is 11.6 Å². The first-order chi connectivity index (χ1) is 9.70. The van der Waals surface area contributed by atoms with Gasteiger partial charge in [-0.2, -0.15) is 0 Å². The van der Waals surface area contributed by atoms with Crippen molar-refractivity contribution in [1.82, 2.24) is 5.32 Å². The number of nitrogens with one attached hydrogen (secondary N) is 1. The van der Waals surface area contributed by atoms with E-state index in [9.17, 15) is 13.2 Å². The molecule has 0 aromatic heterocycles. The Morgan fingerprint density at radius 3 is 2.33 bits per heavy atom. The second kappa shape index (κ2) is 7.66. The third-order valence-electron chi connectivity index (χ3n) is 2.73. The molecule has 0 spiro atoms. The molecule has 0 heterocycles. The van der Waals surface area contributed by atoms with Gasteiger partial charge in [0.1, 0.15) is 0 Å². The number of amides is 1. The van der Waals surface area contributed by atoms with Crippen LogP contribution in [0.25, 0.3) is 0 Å². The quantitative estimate of drug-likeness (QED) is 0.833. The summed E-state index contributed by atoms with van der Waals surface area (Å²) < 4.78 is 25.0. The van der Waals surface area contributed by atoms with E-state index in [-0.39, 0.29) is 24.9 Å². The zero-order valence-electron chi connectivity index (χ0n) is 12.5. The number of carbonyl (C=O) groups is 1. The third-order valence-corrected chi connectivity index (χ3v) is 4.18. The molecule has 1 N–H and O–H groups in total. The van der Waals surface area contributed by atoms with Crippen molar-refractivity contribution < 1.29 is 13.2 Å². The van der Waals surface area contributed by atoms with Crippen LogP contribution in [0.2, 0.25) is 5.02 Å². The van der Waals surface area contributed by atoms with Crippen molar-refractivity contribution >= 4 is 33.2 Å². The zero-order valence-corrected chi connectivity index (χ0v) is 14.0. The van der Waals surface area contributed by atoms with Gasteiger partial charge in [-0.1, -0.05) is 11.6 Å². The Kier molecular flexibility index (Phi) is 6.48. The average molecular weight is 333 g/mol. The molecule has 0 unspecified atom stereocenters. The van der Waals surface area contributed by atoms with Gasteiger partial charge in [0.05, 0.1) is 11.9 Å². The topological polar surface area (TPSA) is 66.5 Å². The van der Waals surface area contributed by atoms with E-state index in [0.717, 1.165) is 6.26 Å². The molecule has 1 aromatic rings. The van der Waals surface area contributed by atoms with E-state index in [2.05, 4.69) is 5.32 Å². The van der Waals surface area contributed by atoms with E-state index in [1.165, 1.54) is 4.31 Å². The first-order valence-electron chi connectivity index (χ1n) is 6.73. The lowest BCUT2D eigenvalue weighted by atomic mass is 10.2.